The first kappa shape index (κ1) is 12.6. The Hall–Kier alpha value is -1.49. The molecule has 88 valence electrons. The van der Waals surface area contributed by atoms with Gasteiger partial charge in [0.1, 0.15) is 11.6 Å². The number of benzene rings is 1. The third-order valence-electron chi connectivity index (χ3n) is 2.13. The number of hydrogen-bond donors (Lipinski definition) is 2. The van der Waals surface area contributed by atoms with Crippen molar-refractivity contribution in [1.82, 2.24) is 5.32 Å². The van der Waals surface area contributed by atoms with Crippen molar-refractivity contribution >= 4 is 5.91 Å². The lowest BCUT2D eigenvalue weighted by atomic mass is 10.1. The van der Waals surface area contributed by atoms with Gasteiger partial charge in [-0.15, -0.1) is 0 Å². The van der Waals surface area contributed by atoms with E-state index < -0.39 is 11.6 Å². The molecule has 1 amide bonds. The Morgan fingerprint density at radius 2 is 2.19 bits per heavy atom. The molecular weight excluding hydrogens is 214 g/mol. The number of carbonyl (C=O) groups is 1. The summed E-state index contributed by atoms with van der Waals surface area (Å²) in [4.78, 5) is 11.4. The second kappa shape index (κ2) is 5.55. The fraction of sp³-hybridized carbons (Fsp3) is 0.364. The van der Waals surface area contributed by atoms with Gasteiger partial charge in [-0.2, -0.15) is 0 Å². The number of carbonyl (C=O) groups excluding carboxylic acids is 1. The van der Waals surface area contributed by atoms with Crippen molar-refractivity contribution in [2.75, 3.05) is 6.54 Å². The Morgan fingerprint density at radius 3 is 2.75 bits per heavy atom. The van der Waals surface area contributed by atoms with Crippen molar-refractivity contribution in [2.45, 2.75) is 19.4 Å². The molecule has 0 spiro atoms. The van der Waals surface area contributed by atoms with E-state index in [0.717, 1.165) is 12.1 Å². The van der Waals surface area contributed by atoms with E-state index in [9.17, 15) is 13.6 Å². The van der Waals surface area contributed by atoms with Gasteiger partial charge in [0.15, 0.2) is 0 Å². The molecule has 0 aliphatic rings. The van der Waals surface area contributed by atoms with Gasteiger partial charge < -0.3 is 11.1 Å². The summed E-state index contributed by atoms with van der Waals surface area (Å²) >= 11 is 0. The Morgan fingerprint density at radius 1 is 1.50 bits per heavy atom. The van der Waals surface area contributed by atoms with Gasteiger partial charge in [0.25, 0.3) is 0 Å². The minimum absolute atomic E-state index is 0.115. The minimum atomic E-state index is -0.712. The van der Waals surface area contributed by atoms with Crippen LogP contribution in [0.1, 0.15) is 12.5 Å². The van der Waals surface area contributed by atoms with Crippen LogP contribution in [0, 0.1) is 11.6 Å². The molecule has 3 nitrogen and oxygen atoms in total. The first-order valence-electron chi connectivity index (χ1n) is 4.96. The summed E-state index contributed by atoms with van der Waals surface area (Å²) in [6, 6.07) is 2.99. The van der Waals surface area contributed by atoms with Crippen LogP contribution in [-0.4, -0.2) is 18.5 Å². The topological polar surface area (TPSA) is 55.1 Å². The normalized spacial score (nSPS) is 12.2. The number of amides is 1. The molecule has 1 aromatic rings. The van der Waals surface area contributed by atoms with E-state index in [1.807, 2.05) is 0 Å². The van der Waals surface area contributed by atoms with Crippen molar-refractivity contribution in [2.24, 2.45) is 5.73 Å². The van der Waals surface area contributed by atoms with Crippen molar-refractivity contribution in [1.29, 1.82) is 0 Å². The lowest BCUT2D eigenvalue weighted by Crippen LogP contribution is -2.38. The molecule has 0 aliphatic carbocycles. The van der Waals surface area contributed by atoms with Gasteiger partial charge in [-0.05, 0) is 18.6 Å². The summed E-state index contributed by atoms with van der Waals surface area (Å²) < 4.78 is 25.8. The van der Waals surface area contributed by atoms with Crippen molar-refractivity contribution in [3.05, 3.63) is 35.4 Å². The van der Waals surface area contributed by atoms with Crippen LogP contribution in [0.15, 0.2) is 18.2 Å². The first-order chi connectivity index (χ1) is 7.52. The second-order valence-electron chi connectivity index (χ2n) is 3.62. The maximum Gasteiger partial charge on any atom is 0.224 e. The molecule has 0 heterocycles. The summed E-state index contributed by atoms with van der Waals surface area (Å²) in [5, 5.41) is 2.60. The van der Waals surface area contributed by atoms with E-state index in [1.54, 1.807) is 6.92 Å². The Balaban J connectivity index is 2.63. The van der Waals surface area contributed by atoms with Gasteiger partial charge in [0, 0.05) is 18.7 Å². The molecular formula is C11H14F2N2O. The Kier molecular flexibility index (Phi) is 4.37. The summed E-state index contributed by atoms with van der Waals surface area (Å²) in [5.74, 6) is -1.70. The van der Waals surface area contributed by atoms with Crippen molar-refractivity contribution in [3.8, 4) is 0 Å². The smallest absolute Gasteiger partial charge is 0.224 e. The lowest BCUT2D eigenvalue weighted by molar-refractivity contribution is -0.121. The van der Waals surface area contributed by atoms with Crippen LogP contribution in [-0.2, 0) is 11.2 Å². The van der Waals surface area contributed by atoms with Gasteiger partial charge in [-0.25, -0.2) is 8.78 Å². The molecule has 1 aromatic carbocycles. The van der Waals surface area contributed by atoms with Crippen LogP contribution >= 0.6 is 0 Å². The zero-order valence-corrected chi connectivity index (χ0v) is 8.97. The second-order valence-corrected chi connectivity index (χ2v) is 3.62. The van der Waals surface area contributed by atoms with E-state index in [-0.39, 0.29) is 23.9 Å². The molecule has 0 fully saturated rings. The highest BCUT2D eigenvalue weighted by Gasteiger charge is 2.10. The molecule has 0 aromatic heterocycles. The largest absolute Gasteiger partial charge is 0.352 e. The van der Waals surface area contributed by atoms with E-state index in [1.165, 1.54) is 6.07 Å². The number of rotatable bonds is 4. The third kappa shape index (κ3) is 3.58. The highest BCUT2D eigenvalue weighted by molar-refractivity contribution is 5.78. The zero-order valence-electron chi connectivity index (χ0n) is 8.97. The van der Waals surface area contributed by atoms with Crippen LogP contribution in [0.5, 0.6) is 0 Å². The van der Waals surface area contributed by atoms with Crippen molar-refractivity contribution < 1.29 is 13.6 Å². The van der Waals surface area contributed by atoms with Crippen LogP contribution in [0.3, 0.4) is 0 Å². The SMILES string of the molecule is C[C@H](CN)NC(=O)Cc1ccc(F)cc1F. The quantitative estimate of drug-likeness (QED) is 0.806. The molecule has 0 aliphatic heterocycles. The molecule has 0 unspecified atom stereocenters. The van der Waals surface area contributed by atoms with Gasteiger partial charge in [-0.3, -0.25) is 4.79 Å². The van der Waals surface area contributed by atoms with E-state index in [0.29, 0.717) is 6.54 Å². The molecule has 0 radical (unpaired) electrons. The standard InChI is InChI=1S/C11H14F2N2O/c1-7(6-14)15-11(16)4-8-2-3-9(12)5-10(8)13/h2-3,5,7H,4,6,14H2,1H3,(H,15,16)/t7-/m1/s1. The van der Waals surface area contributed by atoms with Crippen LogP contribution in [0.25, 0.3) is 0 Å². The molecule has 1 atom stereocenters. The fourth-order valence-corrected chi connectivity index (χ4v) is 1.22. The molecule has 1 rings (SSSR count). The fourth-order valence-electron chi connectivity index (χ4n) is 1.22. The molecule has 0 saturated heterocycles. The number of halogens is 2. The van der Waals surface area contributed by atoms with Crippen molar-refractivity contribution in [3.63, 3.8) is 0 Å². The summed E-state index contributed by atoms with van der Waals surface area (Å²) in [6.45, 7) is 2.07. The van der Waals surface area contributed by atoms with Gasteiger partial charge in [0.05, 0.1) is 6.42 Å². The van der Waals surface area contributed by atoms with E-state index in [2.05, 4.69) is 5.32 Å². The Labute approximate surface area is 92.6 Å². The van der Waals surface area contributed by atoms with Gasteiger partial charge >= 0.3 is 0 Å². The predicted octanol–water partition coefficient (Wildman–Crippen LogP) is 0.971. The maximum absolute atomic E-state index is 13.2. The molecule has 0 bridgehead atoms. The number of nitrogens with one attached hydrogen (secondary N) is 1. The first-order valence-corrected chi connectivity index (χ1v) is 4.96. The lowest BCUT2D eigenvalue weighted by Gasteiger charge is -2.11. The molecule has 5 heteroatoms. The highest BCUT2D eigenvalue weighted by Crippen LogP contribution is 2.10. The average molecular weight is 228 g/mol. The van der Waals surface area contributed by atoms with Gasteiger partial charge in [0.2, 0.25) is 5.91 Å². The minimum Gasteiger partial charge on any atom is -0.352 e. The zero-order chi connectivity index (χ0) is 12.1. The average Bonchev–Trinajstić information content (AvgIpc) is 2.22. The number of nitrogens with two attached hydrogens (primary N) is 1. The maximum atomic E-state index is 13.2. The highest BCUT2D eigenvalue weighted by atomic mass is 19.1. The number of hydrogen-bond acceptors (Lipinski definition) is 2. The van der Waals surface area contributed by atoms with Crippen LogP contribution < -0.4 is 11.1 Å². The summed E-state index contributed by atoms with van der Waals surface area (Å²) in [6.07, 6.45) is -0.115. The molecule has 16 heavy (non-hydrogen) atoms. The Bertz CT molecular complexity index is 382. The van der Waals surface area contributed by atoms with Crippen LogP contribution in [0.4, 0.5) is 8.78 Å². The van der Waals surface area contributed by atoms with E-state index in [4.69, 9.17) is 5.73 Å². The molecule has 0 saturated carbocycles. The summed E-state index contributed by atoms with van der Waals surface area (Å²) in [5.41, 5.74) is 5.49. The monoisotopic (exact) mass is 228 g/mol. The third-order valence-corrected chi connectivity index (χ3v) is 2.13. The summed E-state index contributed by atoms with van der Waals surface area (Å²) in [7, 11) is 0. The van der Waals surface area contributed by atoms with Gasteiger partial charge in [-0.1, -0.05) is 6.07 Å². The van der Waals surface area contributed by atoms with Crippen LogP contribution in [0.2, 0.25) is 0 Å². The predicted molar refractivity (Wildman–Crippen MR) is 56.7 cm³/mol. The molecule has 3 N–H and O–H groups in total. The van der Waals surface area contributed by atoms with E-state index >= 15 is 0 Å².